The lowest BCUT2D eigenvalue weighted by Gasteiger charge is -2.24. The highest BCUT2D eigenvalue weighted by atomic mass is 32.1. The number of likely N-dealkylation sites (N-methyl/N-ethyl adjacent to an activating group) is 1. The van der Waals surface area contributed by atoms with Gasteiger partial charge in [-0.05, 0) is 29.1 Å². The summed E-state index contributed by atoms with van der Waals surface area (Å²) in [7, 11) is 4.25. The van der Waals surface area contributed by atoms with E-state index in [4.69, 9.17) is 0 Å². The van der Waals surface area contributed by atoms with Crippen molar-refractivity contribution < 1.29 is 0 Å². The molecule has 5 rings (SSSR count). The summed E-state index contributed by atoms with van der Waals surface area (Å²) in [6.07, 6.45) is 3.48. The average molecular weight is 358 g/mol. The van der Waals surface area contributed by atoms with Crippen molar-refractivity contribution in [3.8, 4) is 0 Å². The molecule has 0 saturated carbocycles. The summed E-state index contributed by atoms with van der Waals surface area (Å²) < 4.78 is 1.33. The van der Waals surface area contributed by atoms with Gasteiger partial charge >= 0.3 is 0 Å². The summed E-state index contributed by atoms with van der Waals surface area (Å²) in [5, 5.41) is 8.10. The van der Waals surface area contributed by atoms with Crippen LogP contribution in [0.1, 0.15) is 11.1 Å². The third kappa shape index (κ3) is 2.32. The van der Waals surface area contributed by atoms with Crippen LogP contribution in [0, 0.1) is 0 Å². The lowest BCUT2D eigenvalue weighted by atomic mass is 9.99. The molecular weight excluding hydrogens is 340 g/mol. The van der Waals surface area contributed by atoms with E-state index in [1.54, 1.807) is 12.4 Å². The lowest BCUT2D eigenvalue weighted by Crippen LogP contribution is -2.29. The smallest absolute Gasteiger partial charge is 0.0893 e. The monoisotopic (exact) mass is 358 g/mol. The SMILES string of the molecule is CN1CC(c2csc3ccccc23)=C(c2ccc3nccnc3c2)N1C. The molecule has 128 valence electrons. The maximum absolute atomic E-state index is 4.48. The number of aromatic nitrogens is 2. The minimum absolute atomic E-state index is 0.894. The Morgan fingerprint density at radius 2 is 1.77 bits per heavy atom. The quantitative estimate of drug-likeness (QED) is 0.528. The molecular formula is C21H18N4S. The van der Waals surface area contributed by atoms with E-state index in [1.165, 1.54) is 32.5 Å². The summed E-state index contributed by atoms with van der Waals surface area (Å²) in [5.41, 5.74) is 6.95. The van der Waals surface area contributed by atoms with Gasteiger partial charge in [0.05, 0.1) is 16.7 Å². The second-order valence-electron chi connectivity index (χ2n) is 6.57. The van der Waals surface area contributed by atoms with Crippen LogP contribution in [0.25, 0.3) is 32.4 Å². The van der Waals surface area contributed by atoms with Gasteiger partial charge in [-0.1, -0.05) is 24.3 Å². The number of hydrazine groups is 1. The zero-order valence-corrected chi connectivity index (χ0v) is 15.5. The van der Waals surface area contributed by atoms with Crippen molar-refractivity contribution in [1.82, 2.24) is 20.0 Å². The van der Waals surface area contributed by atoms with E-state index in [1.807, 2.05) is 11.3 Å². The van der Waals surface area contributed by atoms with Gasteiger partial charge in [-0.15, -0.1) is 11.3 Å². The zero-order chi connectivity index (χ0) is 17.7. The predicted molar refractivity (Wildman–Crippen MR) is 109 cm³/mol. The van der Waals surface area contributed by atoms with Crippen LogP contribution >= 0.6 is 11.3 Å². The largest absolute Gasteiger partial charge is 0.308 e. The van der Waals surface area contributed by atoms with E-state index >= 15 is 0 Å². The van der Waals surface area contributed by atoms with Crippen molar-refractivity contribution in [3.05, 3.63) is 71.4 Å². The molecule has 0 unspecified atom stereocenters. The third-order valence-electron chi connectivity index (χ3n) is 5.06. The molecule has 0 radical (unpaired) electrons. The van der Waals surface area contributed by atoms with Crippen molar-refractivity contribution in [3.63, 3.8) is 0 Å². The summed E-state index contributed by atoms with van der Waals surface area (Å²) in [6.45, 7) is 0.894. The zero-order valence-electron chi connectivity index (χ0n) is 14.7. The van der Waals surface area contributed by atoms with E-state index < -0.39 is 0 Å². The highest BCUT2D eigenvalue weighted by Gasteiger charge is 2.28. The third-order valence-corrected chi connectivity index (χ3v) is 6.02. The topological polar surface area (TPSA) is 32.3 Å². The molecule has 1 aliphatic rings. The van der Waals surface area contributed by atoms with Gasteiger partial charge in [0.2, 0.25) is 0 Å². The first kappa shape index (κ1) is 15.5. The highest BCUT2D eigenvalue weighted by molar-refractivity contribution is 7.17. The number of hydrogen-bond acceptors (Lipinski definition) is 5. The van der Waals surface area contributed by atoms with Crippen LogP contribution in [-0.2, 0) is 0 Å². The van der Waals surface area contributed by atoms with Gasteiger partial charge in [0.25, 0.3) is 0 Å². The van der Waals surface area contributed by atoms with Crippen LogP contribution in [-0.4, -0.2) is 40.6 Å². The van der Waals surface area contributed by atoms with Crippen molar-refractivity contribution >= 4 is 43.7 Å². The van der Waals surface area contributed by atoms with Gasteiger partial charge in [-0.3, -0.25) is 9.97 Å². The average Bonchev–Trinajstić information content (AvgIpc) is 3.22. The number of benzene rings is 2. The van der Waals surface area contributed by atoms with Gasteiger partial charge in [0, 0.05) is 54.3 Å². The molecule has 26 heavy (non-hydrogen) atoms. The molecule has 4 aromatic rings. The predicted octanol–water partition coefficient (Wildman–Crippen LogP) is 4.51. The number of rotatable bonds is 2. The number of nitrogens with zero attached hydrogens (tertiary/aromatic N) is 4. The summed E-state index contributed by atoms with van der Waals surface area (Å²) in [5.74, 6) is 0. The Morgan fingerprint density at radius 3 is 2.65 bits per heavy atom. The second-order valence-corrected chi connectivity index (χ2v) is 7.48. The van der Waals surface area contributed by atoms with Gasteiger partial charge in [-0.25, -0.2) is 5.01 Å². The fourth-order valence-corrected chi connectivity index (χ4v) is 4.65. The van der Waals surface area contributed by atoms with Crippen LogP contribution < -0.4 is 0 Å². The van der Waals surface area contributed by atoms with E-state index in [2.05, 4.69) is 81.9 Å². The fourth-order valence-electron chi connectivity index (χ4n) is 3.67. The van der Waals surface area contributed by atoms with Crippen molar-refractivity contribution in [1.29, 1.82) is 0 Å². The van der Waals surface area contributed by atoms with Crippen molar-refractivity contribution in [2.45, 2.75) is 0 Å². The number of fused-ring (bicyclic) bond motifs is 2. The second kappa shape index (κ2) is 5.90. The van der Waals surface area contributed by atoms with Crippen molar-refractivity contribution in [2.24, 2.45) is 0 Å². The highest BCUT2D eigenvalue weighted by Crippen LogP contribution is 2.40. The first-order valence-corrected chi connectivity index (χ1v) is 9.46. The van der Waals surface area contributed by atoms with Crippen molar-refractivity contribution in [2.75, 3.05) is 20.6 Å². The Hall–Kier alpha value is -2.76. The van der Waals surface area contributed by atoms with E-state index in [-0.39, 0.29) is 0 Å². The molecule has 4 nitrogen and oxygen atoms in total. The molecule has 0 N–H and O–H groups in total. The molecule has 0 spiro atoms. The Balaban J connectivity index is 1.75. The number of hydrogen-bond donors (Lipinski definition) is 0. The standard InChI is InChI=1S/C21H18N4S/c1-24-12-16(17-13-26-20-6-4-3-5-15(17)20)21(25(24)2)14-7-8-18-19(11-14)23-10-9-22-18/h3-11,13H,12H2,1-2H3. The first-order valence-electron chi connectivity index (χ1n) is 8.58. The Labute approximate surface area is 156 Å². The molecule has 0 aliphatic carbocycles. The maximum Gasteiger partial charge on any atom is 0.0893 e. The van der Waals surface area contributed by atoms with Gasteiger partial charge in [-0.2, -0.15) is 0 Å². The minimum Gasteiger partial charge on any atom is -0.308 e. The van der Waals surface area contributed by atoms with Crippen LogP contribution in [0.15, 0.2) is 60.2 Å². The summed E-state index contributed by atoms with van der Waals surface area (Å²) >= 11 is 1.81. The first-order chi connectivity index (χ1) is 12.7. The minimum atomic E-state index is 0.894. The van der Waals surface area contributed by atoms with Crippen LogP contribution in [0.3, 0.4) is 0 Å². The van der Waals surface area contributed by atoms with Crippen LogP contribution in [0.2, 0.25) is 0 Å². The normalized spacial score (nSPS) is 15.5. The maximum atomic E-state index is 4.48. The lowest BCUT2D eigenvalue weighted by molar-refractivity contribution is 0.129. The van der Waals surface area contributed by atoms with Crippen LogP contribution in [0.5, 0.6) is 0 Å². The van der Waals surface area contributed by atoms with Crippen LogP contribution in [0.4, 0.5) is 0 Å². The molecule has 5 heteroatoms. The van der Waals surface area contributed by atoms with Gasteiger partial charge in [0.1, 0.15) is 0 Å². The summed E-state index contributed by atoms with van der Waals surface area (Å²) in [6, 6.07) is 15.0. The van der Waals surface area contributed by atoms with Gasteiger partial charge in [0.15, 0.2) is 0 Å². The molecule has 2 aromatic heterocycles. The molecule has 0 fully saturated rings. The molecule has 2 aromatic carbocycles. The molecule has 0 atom stereocenters. The molecule has 0 bridgehead atoms. The summed E-state index contributed by atoms with van der Waals surface area (Å²) in [4.78, 5) is 8.87. The fraction of sp³-hybridized carbons (Fsp3) is 0.143. The molecule has 0 amide bonds. The van der Waals surface area contributed by atoms with E-state index in [0.717, 1.165) is 17.6 Å². The van der Waals surface area contributed by atoms with E-state index in [9.17, 15) is 0 Å². The van der Waals surface area contributed by atoms with Gasteiger partial charge < -0.3 is 5.01 Å². The molecule has 1 aliphatic heterocycles. The Bertz CT molecular complexity index is 1160. The number of thiophene rings is 1. The molecule has 3 heterocycles. The van der Waals surface area contributed by atoms with E-state index in [0.29, 0.717) is 0 Å². The molecule has 0 saturated heterocycles. The Kier molecular flexibility index (Phi) is 3.51. The Morgan fingerprint density at radius 1 is 0.962 bits per heavy atom.